The maximum Gasteiger partial charge on any atom is 0.326 e. The SMILES string of the molecule is CN(C)CCN(CC(=O)OC(C)(C)C)C(=O)c1ccc(-c2ccccc2)[nH]c1=O. The third-order valence-corrected chi connectivity index (χ3v) is 4.07. The van der Waals surface area contributed by atoms with Gasteiger partial charge in [0.1, 0.15) is 17.7 Å². The number of H-pyrrole nitrogens is 1. The standard InChI is InChI=1S/C22H29N3O4/c1-22(2,3)29-19(26)15-25(14-13-24(4)5)21(28)17-11-12-18(23-20(17)27)16-9-7-6-8-10-16/h6-12H,13-15H2,1-5H3,(H,23,27). The fourth-order valence-electron chi connectivity index (χ4n) is 2.70. The van der Waals surface area contributed by atoms with E-state index in [4.69, 9.17) is 4.74 Å². The van der Waals surface area contributed by atoms with Gasteiger partial charge in [-0.3, -0.25) is 14.4 Å². The summed E-state index contributed by atoms with van der Waals surface area (Å²) in [6.07, 6.45) is 0. The van der Waals surface area contributed by atoms with Gasteiger partial charge in [-0.2, -0.15) is 0 Å². The number of hydrogen-bond acceptors (Lipinski definition) is 5. The number of nitrogens with zero attached hydrogens (tertiary/aromatic N) is 2. The second-order valence-electron chi connectivity index (χ2n) is 8.10. The van der Waals surface area contributed by atoms with Crippen LogP contribution in [0.2, 0.25) is 0 Å². The van der Waals surface area contributed by atoms with Crippen LogP contribution >= 0.6 is 0 Å². The van der Waals surface area contributed by atoms with Crippen LogP contribution in [0.5, 0.6) is 0 Å². The van der Waals surface area contributed by atoms with E-state index in [0.717, 1.165) is 5.56 Å². The number of esters is 1. The van der Waals surface area contributed by atoms with Crippen LogP contribution in [0.1, 0.15) is 31.1 Å². The number of benzene rings is 1. The van der Waals surface area contributed by atoms with Crippen LogP contribution in [-0.4, -0.2) is 66.0 Å². The van der Waals surface area contributed by atoms with E-state index in [9.17, 15) is 14.4 Å². The summed E-state index contributed by atoms with van der Waals surface area (Å²) in [5.41, 5.74) is 0.325. The van der Waals surface area contributed by atoms with E-state index in [2.05, 4.69) is 4.98 Å². The molecule has 0 aliphatic carbocycles. The molecule has 2 rings (SSSR count). The molecule has 0 bridgehead atoms. The van der Waals surface area contributed by atoms with Crippen molar-refractivity contribution in [3.05, 3.63) is 58.4 Å². The van der Waals surface area contributed by atoms with Crippen LogP contribution in [0.4, 0.5) is 0 Å². The second-order valence-corrected chi connectivity index (χ2v) is 8.10. The molecule has 0 unspecified atom stereocenters. The fraction of sp³-hybridized carbons (Fsp3) is 0.409. The zero-order valence-electron chi connectivity index (χ0n) is 17.7. The van der Waals surface area contributed by atoms with Gasteiger partial charge in [0.25, 0.3) is 11.5 Å². The predicted octanol–water partition coefficient (Wildman–Crippen LogP) is 2.39. The molecule has 1 amide bonds. The van der Waals surface area contributed by atoms with Crippen LogP contribution in [0, 0.1) is 0 Å². The van der Waals surface area contributed by atoms with Crippen LogP contribution < -0.4 is 5.56 Å². The first-order valence-electron chi connectivity index (χ1n) is 9.51. The number of aromatic nitrogens is 1. The molecule has 7 heteroatoms. The molecule has 7 nitrogen and oxygen atoms in total. The van der Waals surface area contributed by atoms with Gasteiger partial charge in [0.05, 0.1) is 0 Å². The summed E-state index contributed by atoms with van der Waals surface area (Å²) in [6, 6.07) is 12.6. The van der Waals surface area contributed by atoms with Gasteiger partial charge in [0.2, 0.25) is 0 Å². The lowest BCUT2D eigenvalue weighted by atomic mass is 10.1. The molecule has 0 saturated heterocycles. The number of hydrogen-bond donors (Lipinski definition) is 1. The number of carbonyl (C=O) groups is 2. The second kappa shape index (κ2) is 9.52. The van der Waals surface area contributed by atoms with E-state index < -0.39 is 23.0 Å². The van der Waals surface area contributed by atoms with Crippen molar-refractivity contribution in [3.8, 4) is 11.3 Å². The summed E-state index contributed by atoms with van der Waals surface area (Å²) in [6.45, 7) is 5.93. The highest BCUT2D eigenvalue weighted by Crippen LogP contribution is 2.15. The maximum absolute atomic E-state index is 13.0. The van der Waals surface area contributed by atoms with E-state index in [0.29, 0.717) is 18.8 Å². The first-order chi connectivity index (χ1) is 13.6. The topological polar surface area (TPSA) is 82.7 Å². The number of rotatable bonds is 7. The Morgan fingerprint density at radius 2 is 1.66 bits per heavy atom. The molecule has 1 aromatic heterocycles. The van der Waals surface area contributed by atoms with Crippen LogP contribution in [0.25, 0.3) is 11.3 Å². The van der Waals surface area contributed by atoms with Gasteiger partial charge in [-0.25, -0.2) is 0 Å². The number of nitrogens with one attached hydrogen (secondary N) is 1. The summed E-state index contributed by atoms with van der Waals surface area (Å²) < 4.78 is 5.34. The number of carbonyl (C=O) groups excluding carboxylic acids is 2. The third-order valence-electron chi connectivity index (χ3n) is 4.07. The van der Waals surface area contributed by atoms with Crippen molar-refractivity contribution in [1.82, 2.24) is 14.8 Å². The Kier molecular flexibility index (Phi) is 7.34. The molecular formula is C22H29N3O4. The first-order valence-corrected chi connectivity index (χ1v) is 9.51. The molecule has 0 aliphatic heterocycles. The van der Waals surface area contributed by atoms with E-state index in [1.807, 2.05) is 49.3 Å². The molecule has 0 atom stereocenters. The highest BCUT2D eigenvalue weighted by Gasteiger charge is 2.24. The average molecular weight is 399 g/mol. The monoisotopic (exact) mass is 399 g/mol. The number of amides is 1. The average Bonchev–Trinajstić information content (AvgIpc) is 2.63. The lowest BCUT2D eigenvalue weighted by molar-refractivity contribution is -0.155. The van der Waals surface area contributed by atoms with Gasteiger partial charge < -0.3 is 19.5 Å². The Labute approximate surface area is 171 Å². The molecular weight excluding hydrogens is 370 g/mol. The number of likely N-dealkylation sites (N-methyl/N-ethyl adjacent to an activating group) is 1. The minimum absolute atomic E-state index is 0.00741. The molecule has 0 radical (unpaired) electrons. The zero-order chi connectivity index (χ0) is 21.6. The minimum atomic E-state index is -0.651. The van der Waals surface area contributed by atoms with E-state index >= 15 is 0 Å². The quantitative estimate of drug-likeness (QED) is 0.723. The Morgan fingerprint density at radius 1 is 1.00 bits per heavy atom. The summed E-state index contributed by atoms with van der Waals surface area (Å²) in [4.78, 5) is 43.9. The molecule has 2 aromatic rings. The van der Waals surface area contributed by atoms with Gasteiger partial charge in [-0.1, -0.05) is 30.3 Å². The van der Waals surface area contributed by atoms with Crippen molar-refractivity contribution in [2.75, 3.05) is 33.7 Å². The summed E-state index contributed by atoms with van der Waals surface area (Å²) in [5.74, 6) is -1.01. The summed E-state index contributed by atoms with van der Waals surface area (Å²) in [7, 11) is 3.75. The lowest BCUT2D eigenvalue weighted by Crippen LogP contribution is -2.43. The number of ether oxygens (including phenoxy) is 1. The summed E-state index contributed by atoms with van der Waals surface area (Å²) in [5, 5.41) is 0. The molecule has 156 valence electrons. The van der Waals surface area contributed by atoms with Gasteiger partial charge in [0.15, 0.2) is 0 Å². The number of pyridine rings is 1. The van der Waals surface area contributed by atoms with Crippen molar-refractivity contribution in [1.29, 1.82) is 0 Å². The highest BCUT2D eigenvalue weighted by molar-refractivity contribution is 5.96. The molecule has 1 N–H and O–H groups in total. The van der Waals surface area contributed by atoms with Crippen molar-refractivity contribution in [2.45, 2.75) is 26.4 Å². The van der Waals surface area contributed by atoms with Crippen molar-refractivity contribution < 1.29 is 14.3 Å². The third kappa shape index (κ3) is 6.87. The summed E-state index contributed by atoms with van der Waals surface area (Å²) >= 11 is 0. The number of aromatic amines is 1. The Morgan fingerprint density at radius 3 is 2.21 bits per heavy atom. The van der Waals surface area contributed by atoms with Gasteiger partial charge >= 0.3 is 5.97 Å². The molecule has 0 spiro atoms. The largest absolute Gasteiger partial charge is 0.459 e. The van der Waals surface area contributed by atoms with Gasteiger partial charge in [-0.05, 0) is 52.6 Å². The van der Waals surface area contributed by atoms with Crippen LogP contribution in [0.3, 0.4) is 0 Å². The lowest BCUT2D eigenvalue weighted by Gasteiger charge is -2.26. The van der Waals surface area contributed by atoms with Crippen molar-refractivity contribution in [3.63, 3.8) is 0 Å². The Bertz CT molecular complexity index is 898. The zero-order valence-corrected chi connectivity index (χ0v) is 17.7. The Hall–Kier alpha value is -2.93. The molecule has 0 aliphatic rings. The Balaban J connectivity index is 2.25. The smallest absolute Gasteiger partial charge is 0.326 e. The normalized spacial score (nSPS) is 11.4. The highest BCUT2D eigenvalue weighted by atomic mass is 16.6. The van der Waals surface area contributed by atoms with Crippen molar-refractivity contribution >= 4 is 11.9 Å². The molecule has 0 saturated carbocycles. The molecule has 0 fully saturated rings. The fourth-order valence-corrected chi connectivity index (χ4v) is 2.70. The van der Waals surface area contributed by atoms with Crippen LogP contribution in [0.15, 0.2) is 47.3 Å². The molecule has 29 heavy (non-hydrogen) atoms. The first kappa shape index (κ1) is 22.4. The van der Waals surface area contributed by atoms with E-state index in [-0.39, 0.29) is 12.1 Å². The van der Waals surface area contributed by atoms with E-state index in [1.165, 1.54) is 11.0 Å². The molecule has 1 aromatic carbocycles. The molecule has 1 heterocycles. The maximum atomic E-state index is 13.0. The van der Waals surface area contributed by atoms with Crippen molar-refractivity contribution in [2.24, 2.45) is 0 Å². The van der Waals surface area contributed by atoms with Gasteiger partial charge in [0, 0.05) is 18.8 Å². The van der Waals surface area contributed by atoms with Crippen LogP contribution in [-0.2, 0) is 9.53 Å². The minimum Gasteiger partial charge on any atom is -0.459 e. The predicted molar refractivity (Wildman–Crippen MR) is 113 cm³/mol. The van der Waals surface area contributed by atoms with Gasteiger partial charge in [-0.15, -0.1) is 0 Å². The van der Waals surface area contributed by atoms with E-state index in [1.54, 1.807) is 26.8 Å².